The second-order valence-corrected chi connectivity index (χ2v) is 4.23. The molecule has 1 heterocycles. The molecule has 0 fully saturated rings. The van der Waals surface area contributed by atoms with Crippen molar-refractivity contribution in [3.05, 3.63) is 63.3 Å². The highest BCUT2D eigenvalue weighted by molar-refractivity contribution is 6.05. The van der Waals surface area contributed by atoms with Crippen LogP contribution in [0.5, 0.6) is 0 Å². The normalized spacial score (nSPS) is 10.8. The Morgan fingerprint density at radius 2 is 1.47 bits per heavy atom. The molecule has 0 saturated carbocycles. The van der Waals surface area contributed by atoms with Crippen molar-refractivity contribution in [3.63, 3.8) is 0 Å². The van der Waals surface area contributed by atoms with Crippen LogP contribution in [-0.4, -0.2) is 7.05 Å². The standard InChI is InChI=1S/C15H11NO3/c1-16-9-6-7-11-10-4-2-3-5-12(10)14(17)19-15(18)13(11)8-9/h2-8,16H,1H3. The van der Waals surface area contributed by atoms with Gasteiger partial charge in [-0.25, -0.2) is 9.59 Å². The van der Waals surface area contributed by atoms with Crippen molar-refractivity contribution in [1.29, 1.82) is 0 Å². The Morgan fingerprint density at radius 1 is 0.842 bits per heavy atom. The van der Waals surface area contributed by atoms with Crippen molar-refractivity contribution in [2.45, 2.75) is 0 Å². The van der Waals surface area contributed by atoms with Crippen LogP contribution in [0.15, 0.2) is 56.5 Å². The van der Waals surface area contributed by atoms with Gasteiger partial charge in [-0.3, -0.25) is 0 Å². The molecule has 0 aliphatic rings. The van der Waals surface area contributed by atoms with E-state index in [1.165, 1.54) is 0 Å². The SMILES string of the molecule is CNc1ccc2c(c1)c(=O)oc(=O)c1ccccc12. The van der Waals surface area contributed by atoms with E-state index in [-0.39, 0.29) is 0 Å². The van der Waals surface area contributed by atoms with Gasteiger partial charge < -0.3 is 9.73 Å². The monoisotopic (exact) mass is 253 g/mol. The number of benzene rings is 2. The largest absolute Gasteiger partial charge is 0.388 e. The molecule has 0 saturated heterocycles. The van der Waals surface area contributed by atoms with E-state index in [4.69, 9.17) is 4.42 Å². The third-order valence-corrected chi connectivity index (χ3v) is 3.15. The predicted molar refractivity (Wildman–Crippen MR) is 75.8 cm³/mol. The van der Waals surface area contributed by atoms with Crippen LogP contribution in [0.25, 0.3) is 21.5 Å². The maximum Gasteiger partial charge on any atom is 0.346 e. The molecule has 2 aromatic carbocycles. The fourth-order valence-electron chi connectivity index (χ4n) is 2.19. The summed E-state index contributed by atoms with van der Waals surface area (Å²) in [6.07, 6.45) is 0. The fraction of sp³-hybridized carbons (Fsp3) is 0.0667. The van der Waals surface area contributed by atoms with Gasteiger partial charge in [-0.15, -0.1) is 0 Å². The van der Waals surface area contributed by atoms with Gasteiger partial charge in [0, 0.05) is 12.7 Å². The van der Waals surface area contributed by atoms with E-state index < -0.39 is 11.3 Å². The van der Waals surface area contributed by atoms with Gasteiger partial charge >= 0.3 is 11.3 Å². The van der Waals surface area contributed by atoms with Gasteiger partial charge in [-0.05, 0) is 29.0 Å². The van der Waals surface area contributed by atoms with E-state index in [2.05, 4.69) is 5.32 Å². The summed E-state index contributed by atoms with van der Waals surface area (Å²) < 4.78 is 4.86. The van der Waals surface area contributed by atoms with E-state index in [0.29, 0.717) is 16.2 Å². The topological polar surface area (TPSA) is 59.3 Å². The van der Waals surface area contributed by atoms with Crippen LogP contribution >= 0.6 is 0 Å². The Kier molecular flexibility index (Phi) is 2.56. The first-order valence-electron chi connectivity index (χ1n) is 5.88. The van der Waals surface area contributed by atoms with Crippen LogP contribution in [-0.2, 0) is 0 Å². The fourth-order valence-corrected chi connectivity index (χ4v) is 2.19. The van der Waals surface area contributed by atoms with Gasteiger partial charge in [0.2, 0.25) is 0 Å². The number of rotatable bonds is 1. The number of anilines is 1. The molecular weight excluding hydrogens is 242 g/mol. The van der Waals surface area contributed by atoms with Crippen LogP contribution in [0.3, 0.4) is 0 Å². The van der Waals surface area contributed by atoms with Gasteiger partial charge in [-0.2, -0.15) is 0 Å². The van der Waals surface area contributed by atoms with Crippen LogP contribution < -0.4 is 16.6 Å². The molecule has 0 spiro atoms. The molecule has 0 radical (unpaired) electrons. The third-order valence-electron chi connectivity index (χ3n) is 3.15. The maximum absolute atomic E-state index is 12.0. The zero-order valence-electron chi connectivity index (χ0n) is 10.3. The zero-order chi connectivity index (χ0) is 13.4. The quantitative estimate of drug-likeness (QED) is 0.723. The Bertz CT molecular complexity index is 897. The molecule has 94 valence electrons. The van der Waals surface area contributed by atoms with Gasteiger partial charge in [0.25, 0.3) is 0 Å². The van der Waals surface area contributed by atoms with E-state index in [9.17, 15) is 9.59 Å². The molecule has 0 unspecified atom stereocenters. The lowest BCUT2D eigenvalue weighted by molar-refractivity contribution is 0.491. The van der Waals surface area contributed by atoms with Crippen molar-refractivity contribution >= 4 is 27.2 Å². The first-order valence-corrected chi connectivity index (χ1v) is 5.88. The van der Waals surface area contributed by atoms with E-state index in [1.807, 2.05) is 24.3 Å². The summed E-state index contributed by atoms with van der Waals surface area (Å²) in [6.45, 7) is 0. The van der Waals surface area contributed by atoms with Crippen LogP contribution in [0.4, 0.5) is 5.69 Å². The van der Waals surface area contributed by atoms with Crippen molar-refractivity contribution < 1.29 is 4.42 Å². The lowest BCUT2D eigenvalue weighted by atomic mass is 10.1. The minimum Gasteiger partial charge on any atom is -0.388 e. The number of hydrogen-bond donors (Lipinski definition) is 1. The molecule has 0 aliphatic heterocycles. The second-order valence-electron chi connectivity index (χ2n) is 4.23. The summed E-state index contributed by atoms with van der Waals surface area (Å²) in [7, 11) is 1.77. The van der Waals surface area contributed by atoms with Gasteiger partial charge in [0.05, 0.1) is 10.8 Å². The molecule has 19 heavy (non-hydrogen) atoms. The highest BCUT2D eigenvalue weighted by Crippen LogP contribution is 2.22. The average Bonchev–Trinajstić information content (AvgIpc) is 2.55. The highest BCUT2D eigenvalue weighted by Gasteiger charge is 2.07. The minimum absolute atomic E-state index is 0.394. The Hall–Kier alpha value is -2.62. The van der Waals surface area contributed by atoms with Crippen LogP contribution in [0.1, 0.15) is 0 Å². The molecule has 0 aliphatic carbocycles. The number of hydrogen-bond acceptors (Lipinski definition) is 4. The summed E-state index contributed by atoms with van der Waals surface area (Å²) in [5.41, 5.74) is -0.432. The smallest absolute Gasteiger partial charge is 0.346 e. The number of nitrogens with one attached hydrogen (secondary N) is 1. The molecule has 3 aromatic rings. The molecule has 0 atom stereocenters. The third kappa shape index (κ3) is 1.78. The van der Waals surface area contributed by atoms with Crippen LogP contribution in [0.2, 0.25) is 0 Å². The summed E-state index contributed by atoms with van der Waals surface area (Å²) in [4.78, 5) is 23.9. The lowest BCUT2D eigenvalue weighted by Crippen LogP contribution is -2.04. The molecule has 0 bridgehead atoms. The Labute approximate surface area is 108 Å². The van der Waals surface area contributed by atoms with Crippen LogP contribution in [0, 0.1) is 0 Å². The van der Waals surface area contributed by atoms with E-state index >= 15 is 0 Å². The first kappa shape index (κ1) is 11.5. The Morgan fingerprint density at radius 3 is 2.21 bits per heavy atom. The predicted octanol–water partition coefficient (Wildman–Crippen LogP) is 2.35. The second kappa shape index (κ2) is 4.24. The first-order chi connectivity index (χ1) is 9.20. The van der Waals surface area contributed by atoms with Gasteiger partial charge in [0.15, 0.2) is 0 Å². The Balaban J connectivity index is 2.68. The molecule has 4 nitrogen and oxygen atoms in total. The maximum atomic E-state index is 12.0. The summed E-state index contributed by atoms with van der Waals surface area (Å²) in [5, 5.41) is 5.20. The lowest BCUT2D eigenvalue weighted by Gasteiger charge is -2.00. The van der Waals surface area contributed by atoms with Gasteiger partial charge in [-0.1, -0.05) is 24.3 Å². The van der Waals surface area contributed by atoms with Gasteiger partial charge in [0.1, 0.15) is 0 Å². The summed E-state index contributed by atoms with van der Waals surface area (Å²) in [6, 6.07) is 12.4. The van der Waals surface area contributed by atoms with E-state index in [1.54, 1.807) is 25.2 Å². The molecule has 1 aromatic heterocycles. The van der Waals surface area contributed by atoms with Crippen molar-refractivity contribution in [1.82, 2.24) is 0 Å². The van der Waals surface area contributed by atoms with Crippen molar-refractivity contribution in [3.8, 4) is 0 Å². The summed E-state index contributed by atoms with van der Waals surface area (Å²) in [5.74, 6) is 0. The van der Waals surface area contributed by atoms with Crippen molar-refractivity contribution in [2.24, 2.45) is 0 Å². The zero-order valence-corrected chi connectivity index (χ0v) is 10.3. The highest BCUT2D eigenvalue weighted by atomic mass is 16.4. The average molecular weight is 253 g/mol. The minimum atomic E-state index is -0.617. The molecule has 3 rings (SSSR count). The number of fused-ring (bicyclic) bond motifs is 3. The molecule has 0 amide bonds. The molecule has 1 N–H and O–H groups in total. The molecule has 4 heteroatoms. The van der Waals surface area contributed by atoms with Crippen molar-refractivity contribution in [2.75, 3.05) is 12.4 Å². The summed E-state index contributed by atoms with van der Waals surface area (Å²) >= 11 is 0. The van der Waals surface area contributed by atoms with E-state index in [0.717, 1.165) is 11.1 Å². The molecular formula is C15H11NO3.